The van der Waals surface area contributed by atoms with Crippen molar-refractivity contribution in [3.05, 3.63) is 0 Å². The zero-order chi connectivity index (χ0) is 21.0. The fourth-order valence-electron chi connectivity index (χ4n) is 3.35. The zero-order valence-electron chi connectivity index (χ0n) is 16.9. The standard InChI is InChI=1S/C19H31N3O6/c1-10(2)8-12(18(25)22-7-5-6-13(22)19(26)27)21-17(24)15-14(28-15)16(23)20-9-11(3)4/h10-15H,5-9H2,1-4H3,(H,20,23)(H,21,24)(H,26,27)/t12-,13-,14-,15+/m0/s1. The first kappa shape index (κ1) is 22.1. The Morgan fingerprint density at radius 2 is 1.71 bits per heavy atom. The quantitative estimate of drug-likeness (QED) is 0.475. The Balaban J connectivity index is 1.97. The number of aliphatic carboxylic acids is 1. The highest BCUT2D eigenvalue weighted by molar-refractivity contribution is 5.97. The Morgan fingerprint density at radius 1 is 1.07 bits per heavy atom. The third-order valence-electron chi connectivity index (χ3n) is 4.84. The number of carbonyl (C=O) groups is 4. The molecule has 4 atom stereocenters. The Hall–Kier alpha value is -2.16. The summed E-state index contributed by atoms with van der Waals surface area (Å²) in [6.45, 7) is 8.61. The normalized spacial score (nSPS) is 24.9. The van der Waals surface area contributed by atoms with Crippen LogP contribution in [0.3, 0.4) is 0 Å². The first-order valence-electron chi connectivity index (χ1n) is 9.88. The molecule has 28 heavy (non-hydrogen) atoms. The molecule has 158 valence electrons. The summed E-state index contributed by atoms with van der Waals surface area (Å²) in [7, 11) is 0. The summed E-state index contributed by atoms with van der Waals surface area (Å²) in [5.74, 6) is -1.89. The minimum absolute atomic E-state index is 0.116. The Bertz CT molecular complexity index is 621. The third-order valence-corrected chi connectivity index (χ3v) is 4.84. The molecule has 2 fully saturated rings. The molecule has 2 aliphatic heterocycles. The van der Waals surface area contributed by atoms with Gasteiger partial charge in [-0.3, -0.25) is 14.4 Å². The molecule has 0 bridgehead atoms. The summed E-state index contributed by atoms with van der Waals surface area (Å²) in [5.41, 5.74) is 0. The number of amides is 3. The Morgan fingerprint density at radius 3 is 2.29 bits per heavy atom. The van der Waals surface area contributed by atoms with Crippen LogP contribution in [0.1, 0.15) is 47.0 Å². The van der Waals surface area contributed by atoms with Crippen LogP contribution < -0.4 is 10.6 Å². The van der Waals surface area contributed by atoms with Crippen molar-refractivity contribution < 1.29 is 29.0 Å². The molecular weight excluding hydrogens is 366 g/mol. The molecule has 0 unspecified atom stereocenters. The van der Waals surface area contributed by atoms with E-state index in [2.05, 4.69) is 10.6 Å². The number of epoxide rings is 1. The molecule has 0 aromatic heterocycles. The van der Waals surface area contributed by atoms with Gasteiger partial charge in [0.1, 0.15) is 12.1 Å². The first-order chi connectivity index (χ1) is 13.1. The van der Waals surface area contributed by atoms with Crippen LogP contribution in [0.2, 0.25) is 0 Å². The van der Waals surface area contributed by atoms with Gasteiger partial charge in [0.25, 0.3) is 11.8 Å². The van der Waals surface area contributed by atoms with Crippen LogP contribution >= 0.6 is 0 Å². The molecule has 0 spiro atoms. The van der Waals surface area contributed by atoms with E-state index in [-0.39, 0.29) is 17.7 Å². The topological polar surface area (TPSA) is 128 Å². The Kier molecular flexibility index (Phi) is 7.40. The minimum atomic E-state index is -1.03. The summed E-state index contributed by atoms with van der Waals surface area (Å²) in [6.07, 6.45) is -0.345. The second kappa shape index (κ2) is 9.36. The van der Waals surface area contributed by atoms with Crippen molar-refractivity contribution in [2.75, 3.05) is 13.1 Å². The van der Waals surface area contributed by atoms with Gasteiger partial charge in [0.05, 0.1) is 0 Å². The molecule has 0 aromatic rings. The number of carbonyl (C=O) groups excluding carboxylic acids is 3. The number of likely N-dealkylation sites (tertiary alicyclic amines) is 1. The number of ether oxygens (including phenoxy) is 1. The van der Waals surface area contributed by atoms with Crippen molar-refractivity contribution in [1.82, 2.24) is 15.5 Å². The molecule has 2 rings (SSSR count). The first-order valence-corrected chi connectivity index (χ1v) is 9.88. The van der Waals surface area contributed by atoms with E-state index in [9.17, 15) is 24.3 Å². The van der Waals surface area contributed by atoms with Crippen molar-refractivity contribution in [3.8, 4) is 0 Å². The molecule has 3 N–H and O–H groups in total. The summed E-state index contributed by atoms with van der Waals surface area (Å²) in [4.78, 5) is 50.1. The molecule has 9 nitrogen and oxygen atoms in total. The van der Waals surface area contributed by atoms with E-state index in [1.54, 1.807) is 0 Å². The van der Waals surface area contributed by atoms with Gasteiger partial charge in [-0.2, -0.15) is 0 Å². The average molecular weight is 397 g/mol. The van der Waals surface area contributed by atoms with E-state index in [4.69, 9.17) is 4.74 Å². The third kappa shape index (κ3) is 5.67. The van der Waals surface area contributed by atoms with Gasteiger partial charge < -0.3 is 25.4 Å². The van der Waals surface area contributed by atoms with Crippen LogP contribution in [0.5, 0.6) is 0 Å². The molecule has 2 saturated heterocycles. The SMILES string of the molecule is CC(C)CNC(=O)[C@H]1O[C@H]1C(=O)N[C@@H](CC(C)C)C(=O)N1CCC[C@H]1C(=O)O. The van der Waals surface area contributed by atoms with Crippen LogP contribution in [0, 0.1) is 11.8 Å². The van der Waals surface area contributed by atoms with E-state index in [1.165, 1.54) is 4.90 Å². The fourth-order valence-corrected chi connectivity index (χ4v) is 3.35. The molecule has 0 radical (unpaired) electrons. The van der Waals surface area contributed by atoms with Crippen molar-refractivity contribution in [2.24, 2.45) is 11.8 Å². The van der Waals surface area contributed by atoms with Crippen LogP contribution in [0.25, 0.3) is 0 Å². The maximum atomic E-state index is 12.9. The predicted octanol–water partition coefficient (Wildman–Crippen LogP) is 0.133. The molecule has 0 saturated carbocycles. The lowest BCUT2D eigenvalue weighted by molar-refractivity contribution is -0.149. The summed E-state index contributed by atoms with van der Waals surface area (Å²) >= 11 is 0. The van der Waals surface area contributed by atoms with Gasteiger partial charge >= 0.3 is 5.97 Å². The van der Waals surface area contributed by atoms with E-state index >= 15 is 0 Å². The van der Waals surface area contributed by atoms with Gasteiger partial charge in [-0.1, -0.05) is 27.7 Å². The number of hydrogen-bond acceptors (Lipinski definition) is 5. The van der Waals surface area contributed by atoms with Gasteiger partial charge in [0.15, 0.2) is 12.2 Å². The lowest BCUT2D eigenvalue weighted by atomic mass is 10.0. The molecule has 2 aliphatic rings. The zero-order valence-corrected chi connectivity index (χ0v) is 16.9. The van der Waals surface area contributed by atoms with Crippen LogP contribution in [-0.2, 0) is 23.9 Å². The number of carboxylic acid groups (broad SMARTS) is 1. The van der Waals surface area contributed by atoms with Gasteiger partial charge in [0, 0.05) is 13.1 Å². The second-order valence-electron chi connectivity index (χ2n) is 8.33. The smallest absolute Gasteiger partial charge is 0.326 e. The highest BCUT2D eigenvalue weighted by Gasteiger charge is 2.51. The molecule has 0 aromatic carbocycles. The van der Waals surface area contributed by atoms with Gasteiger partial charge in [-0.05, 0) is 31.1 Å². The highest BCUT2D eigenvalue weighted by Crippen LogP contribution is 2.24. The van der Waals surface area contributed by atoms with Crippen molar-refractivity contribution >= 4 is 23.7 Å². The predicted molar refractivity (Wildman–Crippen MR) is 100 cm³/mol. The lowest BCUT2D eigenvalue weighted by Gasteiger charge is -2.28. The maximum absolute atomic E-state index is 12.9. The second-order valence-corrected chi connectivity index (χ2v) is 8.33. The number of carboxylic acids is 1. The number of nitrogens with one attached hydrogen (secondary N) is 2. The Labute approximate surface area is 165 Å². The van der Waals surface area contributed by atoms with E-state index < -0.39 is 42.1 Å². The number of nitrogens with zero attached hydrogens (tertiary/aromatic N) is 1. The molecule has 2 heterocycles. The minimum Gasteiger partial charge on any atom is -0.480 e. The van der Waals surface area contributed by atoms with Crippen molar-refractivity contribution in [3.63, 3.8) is 0 Å². The largest absolute Gasteiger partial charge is 0.480 e. The summed E-state index contributed by atoms with van der Waals surface area (Å²) < 4.78 is 5.20. The number of rotatable bonds is 9. The highest BCUT2D eigenvalue weighted by atomic mass is 16.6. The van der Waals surface area contributed by atoms with Gasteiger partial charge in [0.2, 0.25) is 5.91 Å². The molecule has 3 amide bonds. The number of hydrogen-bond donors (Lipinski definition) is 3. The summed E-state index contributed by atoms with van der Waals surface area (Å²) in [6, 6.07) is -1.69. The van der Waals surface area contributed by atoms with Crippen molar-refractivity contribution in [2.45, 2.75) is 71.2 Å². The molecule has 0 aliphatic carbocycles. The van der Waals surface area contributed by atoms with E-state index in [0.717, 1.165) is 0 Å². The average Bonchev–Trinajstić information content (AvgIpc) is 3.26. The molecule has 9 heteroatoms. The summed E-state index contributed by atoms with van der Waals surface area (Å²) in [5, 5.41) is 14.7. The van der Waals surface area contributed by atoms with Gasteiger partial charge in [-0.15, -0.1) is 0 Å². The van der Waals surface area contributed by atoms with Crippen LogP contribution in [-0.4, -0.2) is 71.1 Å². The van der Waals surface area contributed by atoms with E-state index in [0.29, 0.717) is 32.4 Å². The van der Waals surface area contributed by atoms with Crippen LogP contribution in [0.15, 0.2) is 0 Å². The van der Waals surface area contributed by atoms with Crippen molar-refractivity contribution in [1.29, 1.82) is 0 Å². The molecular formula is C19H31N3O6. The maximum Gasteiger partial charge on any atom is 0.326 e. The van der Waals surface area contributed by atoms with E-state index in [1.807, 2.05) is 27.7 Å². The fraction of sp³-hybridized carbons (Fsp3) is 0.789. The van der Waals surface area contributed by atoms with Crippen LogP contribution in [0.4, 0.5) is 0 Å². The lowest BCUT2D eigenvalue weighted by Crippen LogP contribution is -2.53. The van der Waals surface area contributed by atoms with Gasteiger partial charge in [-0.25, -0.2) is 4.79 Å². The monoisotopic (exact) mass is 397 g/mol.